The van der Waals surface area contributed by atoms with E-state index in [1.54, 1.807) is 31.2 Å². The smallest absolute Gasteiger partial charge is 0.228 e. The van der Waals surface area contributed by atoms with E-state index in [-0.39, 0.29) is 28.9 Å². The molecule has 0 heterocycles. The lowest BCUT2D eigenvalue weighted by atomic mass is 9.53. The van der Waals surface area contributed by atoms with Gasteiger partial charge in [0, 0.05) is 22.5 Å². The van der Waals surface area contributed by atoms with E-state index in [1.807, 2.05) is 13.8 Å². The van der Waals surface area contributed by atoms with E-state index in [0.717, 1.165) is 5.69 Å². The second kappa shape index (κ2) is 4.97. The summed E-state index contributed by atoms with van der Waals surface area (Å²) in [6, 6.07) is 7.02. The van der Waals surface area contributed by atoms with Gasteiger partial charge in [-0.15, -0.1) is 0 Å². The van der Waals surface area contributed by atoms with Gasteiger partial charge in [-0.3, -0.25) is 9.59 Å². The number of ketones is 1. The minimum Gasteiger partial charge on any atom is -0.326 e. The first-order valence-corrected chi connectivity index (χ1v) is 6.77. The van der Waals surface area contributed by atoms with E-state index >= 15 is 0 Å². The van der Waals surface area contributed by atoms with Gasteiger partial charge in [-0.25, -0.2) is 0 Å². The van der Waals surface area contributed by atoms with E-state index in [9.17, 15) is 9.59 Å². The Morgan fingerprint density at radius 2 is 1.79 bits per heavy atom. The molecule has 0 aromatic heterocycles. The Bertz CT molecular complexity index is 507. The van der Waals surface area contributed by atoms with Crippen molar-refractivity contribution in [3.63, 3.8) is 0 Å². The van der Waals surface area contributed by atoms with Crippen LogP contribution < -0.4 is 5.32 Å². The highest BCUT2D eigenvalue weighted by atomic mass is 35.5. The number of rotatable bonds is 3. The third-order valence-electron chi connectivity index (χ3n) is 4.19. The normalized spacial score (nSPS) is 24.4. The zero-order valence-electron chi connectivity index (χ0n) is 11.4. The van der Waals surface area contributed by atoms with Crippen LogP contribution in [0, 0.1) is 17.3 Å². The van der Waals surface area contributed by atoms with Crippen LogP contribution in [0.25, 0.3) is 0 Å². The predicted molar refractivity (Wildman–Crippen MR) is 76.1 cm³/mol. The number of halogens is 1. The molecular formula is C15H18ClNO2. The van der Waals surface area contributed by atoms with Crippen molar-refractivity contribution in [2.75, 3.05) is 5.32 Å². The van der Waals surface area contributed by atoms with Gasteiger partial charge in [0.05, 0.1) is 0 Å². The lowest BCUT2D eigenvalue weighted by Gasteiger charge is -2.49. The molecule has 0 bridgehead atoms. The van der Waals surface area contributed by atoms with Crippen LogP contribution in [0.15, 0.2) is 24.3 Å². The number of nitrogens with one attached hydrogen (secondary N) is 1. The zero-order chi connectivity index (χ0) is 14.2. The van der Waals surface area contributed by atoms with Crippen molar-refractivity contribution in [2.24, 2.45) is 17.3 Å². The number of carbonyl (C=O) groups excluding carboxylic acids is 2. The summed E-state index contributed by atoms with van der Waals surface area (Å²) in [4.78, 5) is 23.7. The molecule has 1 aliphatic rings. The topological polar surface area (TPSA) is 46.2 Å². The first kappa shape index (κ1) is 14.1. The summed E-state index contributed by atoms with van der Waals surface area (Å²) in [6.45, 7) is 5.56. The average Bonchev–Trinajstić information content (AvgIpc) is 2.30. The number of anilines is 1. The van der Waals surface area contributed by atoms with Gasteiger partial charge in [0.2, 0.25) is 5.91 Å². The number of Topliss-reactive ketones (excluding diaryl/α,β-unsaturated/α-hetero) is 1. The van der Waals surface area contributed by atoms with E-state index in [4.69, 9.17) is 11.6 Å². The Kier molecular flexibility index (Phi) is 3.68. The molecule has 0 radical (unpaired) electrons. The van der Waals surface area contributed by atoms with Gasteiger partial charge in [0.25, 0.3) is 0 Å². The first-order chi connectivity index (χ1) is 8.82. The van der Waals surface area contributed by atoms with Crippen LogP contribution in [-0.2, 0) is 9.59 Å². The molecule has 0 aliphatic heterocycles. The molecule has 0 saturated heterocycles. The number of amides is 1. The quantitative estimate of drug-likeness (QED) is 0.920. The highest BCUT2D eigenvalue weighted by Gasteiger charge is 2.53. The molecule has 0 spiro atoms. The number of carbonyl (C=O) groups is 2. The van der Waals surface area contributed by atoms with Crippen molar-refractivity contribution >= 4 is 29.0 Å². The molecule has 1 saturated carbocycles. The maximum absolute atomic E-state index is 12.2. The molecule has 1 amide bonds. The van der Waals surface area contributed by atoms with Crippen LogP contribution in [-0.4, -0.2) is 11.7 Å². The van der Waals surface area contributed by atoms with Gasteiger partial charge in [-0.05, 0) is 43.0 Å². The number of hydrogen-bond acceptors (Lipinski definition) is 2. The molecule has 19 heavy (non-hydrogen) atoms. The van der Waals surface area contributed by atoms with Crippen LogP contribution >= 0.6 is 11.6 Å². The van der Waals surface area contributed by atoms with Crippen LogP contribution in [0.5, 0.6) is 0 Å². The summed E-state index contributed by atoms with van der Waals surface area (Å²) in [5.41, 5.74) is 0.471. The van der Waals surface area contributed by atoms with Gasteiger partial charge >= 0.3 is 0 Å². The Morgan fingerprint density at radius 3 is 2.26 bits per heavy atom. The third kappa shape index (κ3) is 2.66. The molecular weight excluding hydrogens is 262 g/mol. The van der Waals surface area contributed by atoms with Crippen molar-refractivity contribution < 1.29 is 9.59 Å². The first-order valence-electron chi connectivity index (χ1n) is 6.39. The molecule has 2 unspecified atom stereocenters. The van der Waals surface area contributed by atoms with E-state index < -0.39 is 0 Å². The van der Waals surface area contributed by atoms with E-state index in [1.165, 1.54) is 0 Å². The Morgan fingerprint density at radius 1 is 1.21 bits per heavy atom. The predicted octanol–water partition coefficient (Wildman–Crippen LogP) is 3.53. The molecule has 1 N–H and O–H groups in total. The molecule has 2 atom stereocenters. The summed E-state index contributed by atoms with van der Waals surface area (Å²) < 4.78 is 0. The minimum absolute atomic E-state index is 0.00605. The fraction of sp³-hybridized carbons (Fsp3) is 0.467. The van der Waals surface area contributed by atoms with Crippen molar-refractivity contribution in [3.05, 3.63) is 29.3 Å². The largest absolute Gasteiger partial charge is 0.326 e. The van der Waals surface area contributed by atoms with Gasteiger partial charge in [-0.1, -0.05) is 25.4 Å². The fourth-order valence-corrected chi connectivity index (χ4v) is 2.95. The SMILES string of the molecule is CC(=O)C1CC(C(=O)Nc2ccc(Cl)cc2)C1(C)C. The second-order valence-corrected chi connectivity index (χ2v) is 6.21. The zero-order valence-corrected chi connectivity index (χ0v) is 12.1. The molecule has 3 nitrogen and oxygen atoms in total. The van der Waals surface area contributed by atoms with Crippen LogP contribution in [0.2, 0.25) is 5.02 Å². The average molecular weight is 280 g/mol. The van der Waals surface area contributed by atoms with Crippen molar-refractivity contribution in [3.8, 4) is 0 Å². The van der Waals surface area contributed by atoms with Gasteiger partial charge in [0.15, 0.2) is 0 Å². The maximum Gasteiger partial charge on any atom is 0.228 e. The monoisotopic (exact) mass is 279 g/mol. The molecule has 1 aromatic rings. The molecule has 4 heteroatoms. The van der Waals surface area contributed by atoms with Crippen molar-refractivity contribution in [2.45, 2.75) is 27.2 Å². The summed E-state index contributed by atoms with van der Waals surface area (Å²) in [6.07, 6.45) is 0.641. The summed E-state index contributed by atoms with van der Waals surface area (Å²) in [7, 11) is 0. The molecule has 1 fully saturated rings. The van der Waals surface area contributed by atoms with Gasteiger partial charge < -0.3 is 5.32 Å². The van der Waals surface area contributed by atoms with Crippen LogP contribution in [0.3, 0.4) is 0 Å². The molecule has 1 aromatic carbocycles. The van der Waals surface area contributed by atoms with E-state index in [2.05, 4.69) is 5.32 Å². The van der Waals surface area contributed by atoms with Crippen molar-refractivity contribution in [1.29, 1.82) is 0 Å². The van der Waals surface area contributed by atoms with E-state index in [0.29, 0.717) is 11.4 Å². The molecule has 2 rings (SSSR count). The number of benzene rings is 1. The Balaban J connectivity index is 2.02. The number of hydrogen-bond donors (Lipinski definition) is 1. The Hall–Kier alpha value is -1.35. The summed E-state index contributed by atoms with van der Waals surface area (Å²) in [5.74, 6) is 0.0240. The summed E-state index contributed by atoms with van der Waals surface area (Å²) in [5, 5.41) is 3.51. The fourth-order valence-electron chi connectivity index (χ4n) is 2.82. The highest BCUT2D eigenvalue weighted by Crippen LogP contribution is 2.52. The summed E-state index contributed by atoms with van der Waals surface area (Å²) >= 11 is 5.80. The second-order valence-electron chi connectivity index (χ2n) is 5.77. The highest BCUT2D eigenvalue weighted by molar-refractivity contribution is 6.30. The van der Waals surface area contributed by atoms with Crippen LogP contribution in [0.1, 0.15) is 27.2 Å². The molecule has 102 valence electrons. The van der Waals surface area contributed by atoms with Crippen molar-refractivity contribution in [1.82, 2.24) is 0 Å². The maximum atomic E-state index is 12.2. The lowest BCUT2D eigenvalue weighted by Crippen LogP contribution is -2.53. The minimum atomic E-state index is -0.262. The van der Waals surface area contributed by atoms with Gasteiger partial charge in [-0.2, -0.15) is 0 Å². The Labute approximate surface area is 118 Å². The molecule has 1 aliphatic carbocycles. The van der Waals surface area contributed by atoms with Gasteiger partial charge in [0.1, 0.15) is 5.78 Å². The van der Waals surface area contributed by atoms with Crippen LogP contribution in [0.4, 0.5) is 5.69 Å². The standard InChI is InChI=1S/C15H18ClNO2/c1-9(18)12-8-13(15(12,2)3)14(19)17-11-6-4-10(16)5-7-11/h4-7,12-13H,8H2,1-3H3,(H,17,19). The third-order valence-corrected chi connectivity index (χ3v) is 4.44. The lowest BCUT2D eigenvalue weighted by molar-refractivity contribution is -0.145.